The maximum atomic E-state index is 12.4. The number of hydrogen-bond acceptors (Lipinski definition) is 3. The van der Waals surface area contributed by atoms with Crippen LogP contribution in [0.4, 0.5) is 18.9 Å². The molecular formula is C10H9F3N2S. The number of anilines is 1. The summed E-state index contributed by atoms with van der Waals surface area (Å²) < 4.78 is 37.8. The van der Waals surface area contributed by atoms with E-state index in [1.165, 1.54) is 0 Å². The van der Waals surface area contributed by atoms with Crippen LogP contribution in [0.5, 0.6) is 0 Å². The Kier molecular flexibility index (Phi) is 2.53. The predicted octanol–water partition coefficient (Wildman–Crippen LogP) is 3.38. The van der Waals surface area contributed by atoms with E-state index in [0.29, 0.717) is 21.6 Å². The van der Waals surface area contributed by atoms with E-state index in [0.717, 1.165) is 5.69 Å². The highest BCUT2D eigenvalue weighted by Gasteiger charge is 2.34. The number of benzene rings is 1. The highest BCUT2D eigenvalue weighted by molar-refractivity contribution is 7.18. The van der Waals surface area contributed by atoms with Crippen LogP contribution in [0.25, 0.3) is 10.2 Å². The fourth-order valence-corrected chi connectivity index (χ4v) is 2.18. The number of thiazole rings is 1. The number of alkyl halides is 3. The molecule has 0 aliphatic carbocycles. The van der Waals surface area contributed by atoms with Gasteiger partial charge in [-0.1, -0.05) is 0 Å². The molecule has 6 heteroatoms. The van der Waals surface area contributed by atoms with Crippen molar-refractivity contribution in [2.75, 3.05) is 19.0 Å². The maximum Gasteiger partial charge on any atom is 0.443 e. The van der Waals surface area contributed by atoms with Gasteiger partial charge in [-0.3, -0.25) is 0 Å². The van der Waals surface area contributed by atoms with Crippen molar-refractivity contribution in [3.63, 3.8) is 0 Å². The zero-order chi connectivity index (χ0) is 11.9. The molecule has 0 spiro atoms. The predicted molar refractivity (Wildman–Crippen MR) is 58.9 cm³/mol. The summed E-state index contributed by atoms with van der Waals surface area (Å²) in [4.78, 5) is 5.40. The first-order chi connectivity index (χ1) is 7.38. The van der Waals surface area contributed by atoms with Gasteiger partial charge < -0.3 is 4.90 Å². The lowest BCUT2D eigenvalue weighted by molar-refractivity contribution is -0.137. The largest absolute Gasteiger partial charge is 0.443 e. The van der Waals surface area contributed by atoms with Gasteiger partial charge in [0.15, 0.2) is 5.01 Å². The smallest absolute Gasteiger partial charge is 0.378 e. The number of fused-ring (bicyclic) bond motifs is 1. The number of halogens is 3. The lowest BCUT2D eigenvalue weighted by Gasteiger charge is -2.11. The van der Waals surface area contributed by atoms with Gasteiger partial charge in [0, 0.05) is 19.8 Å². The third-order valence-electron chi connectivity index (χ3n) is 2.13. The third kappa shape index (κ3) is 1.97. The first kappa shape index (κ1) is 11.2. The third-order valence-corrected chi connectivity index (χ3v) is 3.19. The van der Waals surface area contributed by atoms with Crippen molar-refractivity contribution in [3.05, 3.63) is 23.2 Å². The molecule has 2 nitrogen and oxygen atoms in total. The van der Waals surface area contributed by atoms with Crippen LogP contribution in [-0.2, 0) is 6.18 Å². The van der Waals surface area contributed by atoms with Crippen LogP contribution in [0.1, 0.15) is 5.01 Å². The van der Waals surface area contributed by atoms with Crippen LogP contribution in [-0.4, -0.2) is 19.1 Å². The van der Waals surface area contributed by atoms with E-state index in [-0.39, 0.29) is 0 Å². The van der Waals surface area contributed by atoms with E-state index in [9.17, 15) is 13.2 Å². The summed E-state index contributed by atoms with van der Waals surface area (Å²) in [6.45, 7) is 0. The molecular weight excluding hydrogens is 237 g/mol. The Balaban J connectivity index is 2.54. The van der Waals surface area contributed by atoms with E-state index < -0.39 is 11.2 Å². The summed E-state index contributed by atoms with van der Waals surface area (Å²) >= 11 is 0.673. The molecule has 0 saturated carbocycles. The molecule has 0 fully saturated rings. The highest BCUT2D eigenvalue weighted by atomic mass is 32.1. The molecule has 2 rings (SSSR count). The van der Waals surface area contributed by atoms with Crippen LogP contribution < -0.4 is 4.90 Å². The average Bonchev–Trinajstić information content (AvgIpc) is 2.58. The zero-order valence-corrected chi connectivity index (χ0v) is 9.49. The molecule has 1 aromatic carbocycles. The molecule has 0 unspecified atom stereocenters. The molecule has 0 amide bonds. The number of nitrogens with zero attached hydrogens (tertiary/aromatic N) is 2. The Morgan fingerprint density at radius 1 is 1.25 bits per heavy atom. The molecule has 1 heterocycles. The minimum Gasteiger partial charge on any atom is -0.378 e. The van der Waals surface area contributed by atoms with Crippen LogP contribution >= 0.6 is 11.3 Å². The summed E-state index contributed by atoms with van der Waals surface area (Å²) in [6.07, 6.45) is -4.36. The van der Waals surface area contributed by atoms with Gasteiger partial charge in [0.05, 0.1) is 10.2 Å². The number of aromatic nitrogens is 1. The van der Waals surface area contributed by atoms with Gasteiger partial charge in [-0.05, 0) is 18.2 Å². The fraction of sp³-hybridized carbons (Fsp3) is 0.300. The maximum absolute atomic E-state index is 12.4. The first-order valence-corrected chi connectivity index (χ1v) is 5.34. The van der Waals surface area contributed by atoms with Gasteiger partial charge in [-0.2, -0.15) is 13.2 Å². The molecule has 0 saturated heterocycles. The fourth-order valence-electron chi connectivity index (χ4n) is 1.31. The van der Waals surface area contributed by atoms with Gasteiger partial charge in [0.25, 0.3) is 0 Å². The summed E-state index contributed by atoms with van der Waals surface area (Å²) in [5, 5.41) is -0.793. The van der Waals surface area contributed by atoms with Crippen molar-refractivity contribution in [2.24, 2.45) is 0 Å². The van der Waals surface area contributed by atoms with Crippen molar-refractivity contribution < 1.29 is 13.2 Å². The molecule has 86 valence electrons. The standard InChI is InChI=1S/C10H9F3N2S/c1-15(2)6-3-4-7-8(5-6)16-9(14-7)10(11,12)13/h3-5H,1-2H3. The van der Waals surface area contributed by atoms with E-state index in [1.54, 1.807) is 18.2 Å². The van der Waals surface area contributed by atoms with Crippen LogP contribution in [0.15, 0.2) is 18.2 Å². The second-order valence-electron chi connectivity index (χ2n) is 3.56. The Morgan fingerprint density at radius 2 is 1.94 bits per heavy atom. The van der Waals surface area contributed by atoms with Crippen LogP contribution in [0.2, 0.25) is 0 Å². The Bertz CT molecular complexity index is 516. The Hall–Kier alpha value is -1.30. The van der Waals surface area contributed by atoms with Crippen molar-refractivity contribution in [3.8, 4) is 0 Å². The monoisotopic (exact) mass is 246 g/mol. The Morgan fingerprint density at radius 3 is 2.50 bits per heavy atom. The highest BCUT2D eigenvalue weighted by Crippen LogP contribution is 2.36. The molecule has 2 aromatic rings. The van der Waals surface area contributed by atoms with Crippen LogP contribution in [0.3, 0.4) is 0 Å². The van der Waals surface area contributed by atoms with Crippen molar-refractivity contribution >= 4 is 27.2 Å². The molecule has 16 heavy (non-hydrogen) atoms. The van der Waals surface area contributed by atoms with Crippen molar-refractivity contribution in [2.45, 2.75) is 6.18 Å². The SMILES string of the molecule is CN(C)c1ccc2nc(C(F)(F)F)sc2c1. The molecule has 0 aliphatic rings. The number of hydrogen-bond donors (Lipinski definition) is 0. The normalized spacial score (nSPS) is 12.1. The molecule has 0 atom stereocenters. The van der Waals surface area contributed by atoms with Gasteiger partial charge in [0.1, 0.15) is 0 Å². The first-order valence-electron chi connectivity index (χ1n) is 4.53. The van der Waals surface area contributed by atoms with Gasteiger partial charge in [-0.25, -0.2) is 4.98 Å². The molecule has 0 bridgehead atoms. The minimum atomic E-state index is -4.36. The van der Waals surface area contributed by atoms with Crippen molar-refractivity contribution in [1.29, 1.82) is 0 Å². The van der Waals surface area contributed by atoms with Gasteiger partial charge in [-0.15, -0.1) is 11.3 Å². The summed E-state index contributed by atoms with van der Waals surface area (Å²) in [7, 11) is 3.68. The molecule has 0 radical (unpaired) electrons. The average molecular weight is 246 g/mol. The summed E-state index contributed by atoms with van der Waals surface area (Å²) in [6, 6.07) is 5.07. The Labute approximate surface area is 94.3 Å². The topological polar surface area (TPSA) is 16.1 Å². The molecule has 0 aliphatic heterocycles. The van der Waals surface area contributed by atoms with E-state index in [2.05, 4.69) is 4.98 Å². The van der Waals surface area contributed by atoms with Gasteiger partial charge >= 0.3 is 6.18 Å². The molecule has 1 aromatic heterocycles. The minimum absolute atomic E-state index is 0.392. The van der Waals surface area contributed by atoms with Crippen LogP contribution in [0, 0.1) is 0 Å². The van der Waals surface area contributed by atoms with Crippen molar-refractivity contribution in [1.82, 2.24) is 4.98 Å². The lowest BCUT2D eigenvalue weighted by atomic mass is 10.3. The zero-order valence-electron chi connectivity index (χ0n) is 8.67. The second-order valence-corrected chi connectivity index (χ2v) is 4.59. The number of rotatable bonds is 1. The van der Waals surface area contributed by atoms with E-state index >= 15 is 0 Å². The summed E-state index contributed by atoms with van der Waals surface area (Å²) in [5.41, 5.74) is 1.26. The lowest BCUT2D eigenvalue weighted by Crippen LogP contribution is -2.07. The van der Waals surface area contributed by atoms with Gasteiger partial charge in [0.2, 0.25) is 0 Å². The quantitative estimate of drug-likeness (QED) is 0.766. The summed E-state index contributed by atoms with van der Waals surface area (Å²) in [5.74, 6) is 0. The second kappa shape index (κ2) is 3.62. The van der Waals surface area contributed by atoms with E-state index in [1.807, 2.05) is 19.0 Å². The van der Waals surface area contributed by atoms with E-state index in [4.69, 9.17) is 0 Å². The molecule has 0 N–H and O–H groups in total.